The molecule has 0 aliphatic carbocycles. The van der Waals surface area contributed by atoms with Crippen molar-refractivity contribution in [3.05, 3.63) is 69.7 Å². The van der Waals surface area contributed by atoms with Crippen LogP contribution in [0.2, 0.25) is 10.0 Å². The van der Waals surface area contributed by atoms with Crippen molar-refractivity contribution < 1.29 is 9.53 Å². The smallest absolute Gasteiger partial charge is 0.230 e. The molecule has 0 saturated carbocycles. The molecule has 1 amide bonds. The van der Waals surface area contributed by atoms with Crippen LogP contribution in [0, 0.1) is 0 Å². The van der Waals surface area contributed by atoms with Crippen LogP contribution in [-0.2, 0) is 9.53 Å². The Morgan fingerprint density at radius 3 is 2.52 bits per heavy atom. The van der Waals surface area contributed by atoms with Crippen molar-refractivity contribution in [3.8, 4) is 0 Å². The van der Waals surface area contributed by atoms with Crippen molar-refractivity contribution in [3.63, 3.8) is 0 Å². The van der Waals surface area contributed by atoms with Gasteiger partial charge in [-0.1, -0.05) is 60.5 Å². The van der Waals surface area contributed by atoms with E-state index in [0.717, 1.165) is 17.5 Å². The number of benzene rings is 2. The largest absolute Gasteiger partial charge is 0.370 e. The van der Waals surface area contributed by atoms with E-state index in [0.29, 0.717) is 29.7 Å². The van der Waals surface area contributed by atoms with E-state index < -0.39 is 0 Å². The molecule has 0 aromatic heterocycles. The minimum Gasteiger partial charge on any atom is -0.370 e. The molecule has 1 aliphatic heterocycles. The maximum atomic E-state index is 13.1. The van der Waals surface area contributed by atoms with E-state index in [2.05, 4.69) is 0 Å². The fraction of sp³-hybridized carbons (Fsp3) is 0.350. The molecule has 25 heavy (non-hydrogen) atoms. The van der Waals surface area contributed by atoms with E-state index in [4.69, 9.17) is 27.9 Å². The van der Waals surface area contributed by atoms with Gasteiger partial charge in [0.1, 0.15) is 6.10 Å². The van der Waals surface area contributed by atoms with Gasteiger partial charge in [-0.25, -0.2) is 0 Å². The Balaban J connectivity index is 1.77. The highest BCUT2D eigenvalue weighted by atomic mass is 35.5. The molecule has 2 atom stereocenters. The van der Waals surface area contributed by atoms with Crippen LogP contribution in [0.4, 0.5) is 0 Å². The first-order chi connectivity index (χ1) is 12.1. The molecule has 2 aromatic carbocycles. The van der Waals surface area contributed by atoms with Crippen molar-refractivity contribution in [1.29, 1.82) is 0 Å². The first-order valence-electron chi connectivity index (χ1n) is 8.49. The summed E-state index contributed by atoms with van der Waals surface area (Å²) in [5, 5.41) is 1.15. The molecule has 2 unspecified atom stereocenters. The van der Waals surface area contributed by atoms with Crippen LogP contribution < -0.4 is 0 Å². The molecule has 3 rings (SSSR count). The van der Waals surface area contributed by atoms with Crippen LogP contribution in [-0.4, -0.2) is 30.5 Å². The number of halogens is 2. The Morgan fingerprint density at radius 1 is 1.20 bits per heavy atom. The lowest BCUT2D eigenvalue weighted by Gasteiger charge is -2.35. The molecule has 0 spiro atoms. The van der Waals surface area contributed by atoms with E-state index in [1.807, 2.05) is 54.3 Å². The quantitative estimate of drug-likeness (QED) is 0.742. The Hall–Kier alpha value is -1.55. The van der Waals surface area contributed by atoms with Crippen LogP contribution in [0.1, 0.15) is 36.5 Å². The summed E-state index contributed by atoms with van der Waals surface area (Å²) in [5.74, 6) is 0.0259. The Labute approximate surface area is 158 Å². The second-order valence-corrected chi connectivity index (χ2v) is 7.09. The maximum absolute atomic E-state index is 13.1. The van der Waals surface area contributed by atoms with Gasteiger partial charge in [0.2, 0.25) is 5.91 Å². The predicted molar refractivity (Wildman–Crippen MR) is 101 cm³/mol. The summed E-state index contributed by atoms with van der Waals surface area (Å²) >= 11 is 12.2. The Morgan fingerprint density at radius 2 is 1.88 bits per heavy atom. The number of hydrogen-bond donors (Lipinski definition) is 0. The van der Waals surface area contributed by atoms with E-state index >= 15 is 0 Å². The van der Waals surface area contributed by atoms with Crippen molar-refractivity contribution in [2.24, 2.45) is 0 Å². The monoisotopic (exact) mass is 377 g/mol. The number of rotatable bonds is 4. The molecule has 1 heterocycles. The molecule has 1 aliphatic rings. The van der Waals surface area contributed by atoms with E-state index in [1.165, 1.54) is 0 Å². The summed E-state index contributed by atoms with van der Waals surface area (Å²) in [4.78, 5) is 15.0. The fourth-order valence-corrected chi connectivity index (χ4v) is 3.81. The van der Waals surface area contributed by atoms with E-state index in [1.54, 1.807) is 6.07 Å². The average molecular weight is 378 g/mol. The van der Waals surface area contributed by atoms with Crippen molar-refractivity contribution in [1.82, 2.24) is 4.90 Å². The van der Waals surface area contributed by atoms with E-state index in [-0.39, 0.29) is 17.9 Å². The van der Waals surface area contributed by atoms with Gasteiger partial charge in [-0.15, -0.1) is 0 Å². The van der Waals surface area contributed by atoms with Crippen LogP contribution in [0.3, 0.4) is 0 Å². The normalized spacial score (nSPS) is 18.8. The van der Waals surface area contributed by atoms with Gasteiger partial charge in [0, 0.05) is 16.6 Å². The molecule has 1 saturated heterocycles. The number of amides is 1. The summed E-state index contributed by atoms with van der Waals surface area (Å²) in [6.07, 6.45) is 0.565. The second kappa shape index (κ2) is 8.22. The topological polar surface area (TPSA) is 29.5 Å². The van der Waals surface area contributed by atoms with Crippen LogP contribution in [0.5, 0.6) is 0 Å². The molecular formula is C20H21Cl2NO2. The minimum atomic E-state index is -0.206. The number of hydrogen-bond acceptors (Lipinski definition) is 2. The van der Waals surface area contributed by atoms with Gasteiger partial charge in [-0.2, -0.15) is 0 Å². The zero-order valence-electron chi connectivity index (χ0n) is 14.1. The maximum Gasteiger partial charge on any atom is 0.230 e. The molecule has 0 radical (unpaired) electrons. The van der Waals surface area contributed by atoms with Crippen LogP contribution >= 0.6 is 23.2 Å². The molecule has 0 bridgehead atoms. The lowest BCUT2D eigenvalue weighted by Crippen LogP contribution is -2.44. The number of carbonyl (C=O) groups is 1. The molecule has 2 aromatic rings. The third-order valence-electron chi connectivity index (χ3n) is 4.54. The molecule has 132 valence electrons. The summed E-state index contributed by atoms with van der Waals surface area (Å²) in [5.41, 5.74) is 1.96. The molecule has 0 N–H and O–H groups in total. The number of nitrogens with zero attached hydrogens (tertiary/aromatic N) is 1. The first kappa shape index (κ1) is 18.2. The lowest BCUT2D eigenvalue weighted by atomic mass is 9.94. The van der Waals surface area contributed by atoms with Gasteiger partial charge in [0.05, 0.1) is 19.1 Å². The standard InChI is InChI=1S/C20H21Cl2NO2/c1-2-18(14-6-4-3-5-7-14)20(24)23-8-9-25-19(13-23)15-10-16(21)12-17(22)11-15/h3-7,10-12,18-19H,2,8-9,13H2,1H3. The third-order valence-corrected chi connectivity index (χ3v) is 4.98. The molecule has 1 fully saturated rings. The SMILES string of the molecule is CCC(C(=O)N1CCOC(c2cc(Cl)cc(Cl)c2)C1)c1ccccc1. The fourth-order valence-electron chi connectivity index (χ4n) is 3.27. The molecule has 3 nitrogen and oxygen atoms in total. The van der Waals surface area contributed by atoms with Gasteiger partial charge < -0.3 is 9.64 Å². The second-order valence-electron chi connectivity index (χ2n) is 6.22. The van der Waals surface area contributed by atoms with Gasteiger partial charge in [-0.3, -0.25) is 4.79 Å². The summed E-state index contributed by atoms with van der Waals surface area (Å²) < 4.78 is 5.86. The van der Waals surface area contributed by atoms with Crippen molar-refractivity contribution in [2.45, 2.75) is 25.4 Å². The predicted octanol–water partition coefficient (Wildman–Crippen LogP) is 5.09. The highest BCUT2D eigenvalue weighted by Gasteiger charge is 2.30. The Bertz CT molecular complexity index is 715. The summed E-state index contributed by atoms with van der Waals surface area (Å²) in [6, 6.07) is 15.3. The van der Waals surface area contributed by atoms with Gasteiger partial charge >= 0.3 is 0 Å². The Kier molecular flexibility index (Phi) is 6.00. The van der Waals surface area contributed by atoms with Crippen molar-refractivity contribution >= 4 is 29.1 Å². The zero-order valence-corrected chi connectivity index (χ0v) is 15.6. The molecular weight excluding hydrogens is 357 g/mol. The lowest BCUT2D eigenvalue weighted by molar-refractivity contribution is -0.140. The van der Waals surface area contributed by atoms with Crippen LogP contribution in [0.15, 0.2) is 48.5 Å². The minimum absolute atomic E-state index is 0.122. The number of ether oxygens (including phenoxy) is 1. The number of carbonyl (C=O) groups excluding carboxylic acids is 1. The van der Waals surface area contributed by atoms with Crippen molar-refractivity contribution in [2.75, 3.05) is 19.7 Å². The third kappa shape index (κ3) is 4.35. The number of morpholine rings is 1. The van der Waals surface area contributed by atoms with Gasteiger partial charge in [-0.05, 0) is 35.7 Å². The summed E-state index contributed by atoms with van der Waals surface area (Å²) in [6.45, 7) is 3.67. The highest BCUT2D eigenvalue weighted by molar-refractivity contribution is 6.34. The first-order valence-corrected chi connectivity index (χ1v) is 9.25. The highest BCUT2D eigenvalue weighted by Crippen LogP contribution is 2.30. The van der Waals surface area contributed by atoms with E-state index in [9.17, 15) is 4.79 Å². The summed E-state index contributed by atoms with van der Waals surface area (Å²) in [7, 11) is 0. The van der Waals surface area contributed by atoms with Gasteiger partial charge in [0.25, 0.3) is 0 Å². The van der Waals surface area contributed by atoms with Gasteiger partial charge in [0.15, 0.2) is 0 Å². The molecule has 5 heteroatoms. The van der Waals surface area contributed by atoms with Crippen LogP contribution in [0.25, 0.3) is 0 Å². The zero-order chi connectivity index (χ0) is 17.8. The average Bonchev–Trinajstić information content (AvgIpc) is 2.62.